The molecule has 0 aliphatic rings. The minimum absolute atomic E-state index is 0.0801. The van der Waals surface area contributed by atoms with E-state index in [1.807, 2.05) is 0 Å². The van der Waals surface area contributed by atoms with Crippen molar-refractivity contribution in [2.24, 2.45) is 0 Å². The van der Waals surface area contributed by atoms with E-state index in [1.54, 1.807) is 23.5 Å². The van der Waals surface area contributed by atoms with Gasteiger partial charge in [-0.25, -0.2) is 0 Å². The van der Waals surface area contributed by atoms with Crippen LogP contribution < -0.4 is 5.32 Å². The van der Waals surface area contributed by atoms with Crippen LogP contribution in [0.15, 0.2) is 24.3 Å². The van der Waals surface area contributed by atoms with Crippen LogP contribution in [0.25, 0.3) is 0 Å². The van der Waals surface area contributed by atoms with E-state index in [1.165, 1.54) is 9.75 Å². The Morgan fingerprint density at radius 3 is 2.33 bits per heavy atom. The van der Waals surface area contributed by atoms with Crippen LogP contribution in [-0.4, -0.2) is 5.11 Å². The lowest BCUT2D eigenvalue weighted by Crippen LogP contribution is -2.04. The number of phenolic OH excluding ortho intramolecular Hbond substituents is 1. The smallest absolute Gasteiger partial charge is 0.152 e. The summed E-state index contributed by atoms with van der Waals surface area (Å²) in [6, 6.07) is 7.69. The molecule has 1 atom stereocenters. The van der Waals surface area contributed by atoms with Crippen molar-refractivity contribution in [3.8, 4) is 5.75 Å². The SMILES string of the molecule is Cc1ccc(C(C)Nc2cc(Cl)c(O)c(Cl)c2)s1. The third kappa shape index (κ3) is 2.91. The van der Waals surface area contributed by atoms with Crippen molar-refractivity contribution in [1.29, 1.82) is 0 Å². The average molecular weight is 302 g/mol. The third-order valence-corrected chi connectivity index (χ3v) is 4.35. The summed E-state index contributed by atoms with van der Waals surface area (Å²) in [4.78, 5) is 2.52. The maximum absolute atomic E-state index is 9.50. The number of aryl methyl sites for hydroxylation is 1. The highest BCUT2D eigenvalue weighted by Gasteiger charge is 2.11. The molecule has 0 aliphatic carbocycles. The van der Waals surface area contributed by atoms with Crippen LogP contribution in [0, 0.1) is 6.92 Å². The first-order valence-electron chi connectivity index (χ1n) is 5.48. The lowest BCUT2D eigenvalue weighted by molar-refractivity contribution is 0.476. The highest BCUT2D eigenvalue weighted by Crippen LogP contribution is 2.36. The van der Waals surface area contributed by atoms with Crippen molar-refractivity contribution in [1.82, 2.24) is 0 Å². The maximum Gasteiger partial charge on any atom is 0.152 e. The van der Waals surface area contributed by atoms with Gasteiger partial charge in [0.1, 0.15) is 0 Å². The Kier molecular flexibility index (Phi) is 4.05. The van der Waals surface area contributed by atoms with Crippen molar-refractivity contribution in [2.45, 2.75) is 19.9 Å². The standard InChI is InChI=1S/C13H13Cl2NOS/c1-7-3-4-12(18-7)8(2)16-9-5-10(14)13(17)11(15)6-9/h3-6,8,16-17H,1-2H3. The fourth-order valence-corrected chi connectivity index (χ4v) is 3.02. The first-order chi connectivity index (χ1) is 8.47. The molecule has 0 fully saturated rings. The number of halogens is 2. The average Bonchev–Trinajstić information content (AvgIpc) is 2.72. The summed E-state index contributed by atoms with van der Waals surface area (Å²) in [6.45, 7) is 4.15. The molecule has 0 amide bonds. The van der Waals surface area contributed by atoms with Crippen LogP contribution >= 0.6 is 34.5 Å². The summed E-state index contributed by atoms with van der Waals surface area (Å²) >= 11 is 13.5. The Morgan fingerprint density at radius 2 is 1.83 bits per heavy atom. The van der Waals surface area contributed by atoms with Gasteiger partial charge in [-0.15, -0.1) is 11.3 Å². The number of thiophene rings is 1. The molecular weight excluding hydrogens is 289 g/mol. The maximum atomic E-state index is 9.50. The van der Waals surface area contributed by atoms with Crippen molar-refractivity contribution in [2.75, 3.05) is 5.32 Å². The Balaban J connectivity index is 2.19. The molecule has 1 heterocycles. The molecule has 0 aliphatic heterocycles. The minimum Gasteiger partial charge on any atom is -0.505 e. The largest absolute Gasteiger partial charge is 0.505 e. The molecule has 96 valence electrons. The fourth-order valence-electron chi connectivity index (χ4n) is 1.66. The molecule has 0 bridgehead atoms. The van der Waals surface area contributed by atoms with E-state index in [-0.39, 0.29) is 21.8 Å². The number of nitrogens with one attached hydrogen (secondary N) is 1. The topological polar surface area (TPSA) is 32.3 Å². The van der Waals surface area contributed by atoms with Crippen LogP contribution in [0.4, 0.5) is 5.69 Å². The number of aromatic hydroxyl groups is 1. The van der Waals surface area contributed by atoms with Crippen LogP contribution in [0.3, 0.4) is 0 Å². The van der Waals surface area contributed by atoms with Gasteiger partial charge in [0.25, 0.3) is 0 Å². The van der Waals surface area contributed by atoms with E-state index < -0.39 is 0 Å². The molecular formula is C13H13Cl2NOS. The number of hydrogen-bond acceptors (Lipinski definition) is 3. The zero-order chi connectivity index (χ0) is 13.3. The molecule has 18 heavy (non-hydrogen) atoms. The Morgan fingerprint density at radius 1 is 1.22 bits per heavy atom. The van der Waals surface area contributed by atoms with E-state index in [0.717, 1.165) is 5.69 Å². The zero-order valence-electron chi connectivity index (χ0n) is 10.00. The Bertz CT molecular complexity index is 545. The monoisotopic (exact) mass is 301 g/mol. The summed E-state index contributed by atoms with van der Waals surface area (Å²) in [7, 11) is 0. The van der Waals surface area contributed by atoms with Crippen molar-refractivity contribution in [3.05, 3.63) is 44.1 Å². The number of phenols is 1. The first kappa shape index (κ1) is 13.5. The van der Waals surface area contributed by atoms with E-state index in [0.29, 0.717) is 0 Å². The van der Waals surface area contributed by atoms with Gasteiger partial charge < -0.3 is 10.4 Å². The normalized spacial score (nSPS) is 12.4. The van der Waals surface area contributed by atoms with Crippen LogP contribution in [0.1, 0.15) is 22.7 Å². The number of anilines is 1. The fraction of sp³-hybridized carbons (Fsp3) is 0.231. The van der Waals surface area contributed by atoms with Gasteiger partial charge in [0, 0.05) is 15.4 Å². The molecule has 1 aromatic carbocycles. The van der Waals surface area contributed by atoms with E-state index in [2.05, 4.69) is 31.3 Å². The number of hydrogen-bond donors (Lipinski definition) is 2. The minimum atomic E-state index is -0.0801. The van der Waals surface area contributed by atoms with Gasteiger partial charge in [-0.05, 0) is 38.1 Å². The highest BCUT2D eigenvalue weighted by molar-refractivity contribution is 7.12. The van der Waals surface area contributed by atoms with Gasteiger partial charge in [0.15, 0.2) is 5.75 Å². The third-order valence-electron chi connectivity index (χ3n) is 2.59. The second-order valence-electron chi connectivity index (χ2n) is 4.10. The molecule has 1 aromatic heterocycles. The quantitative estimate of drug-likeness (QED) is 0.760. The zero-order valence-corrected chi connectivity index (χ0v) is 12.3. The van der Waals surface area contributed by atoms with Gasteiger partial charge in [-0.2, -0.15) is 0 Å². The van der Waals surface area contributed by atoms with Gasteiger partial charge >= 0.3 is 0 Å². The summed E-state index contributed by atoms with van der Waals surface area (Å²) < 4.78 is 0. The van der Waals surface area contributed by atoms with E-state index in [4.69, 9.17) is 23.2 Å². The van der Waals surface area contributed by atoms with Crippen molar-refractivity contribution < 1.29 is 5.11 Å². The molecule has 1 unspecified atom stereocenters. The number of rotatable bonds is 3. The summed E-state index contributed by atoms with van der Waals surface area (Å²) in [5, 5.41) is 13.3. The van der Waals surface area contributed by atoms with E-state index in [9.17, 15) is 5.11 Å². The lowest BCUT2D eigenvalue weighted by Gasteiger charge is -2.14. The first-order valence-corrected chi connectivity index (χ1v) is 7.05. The van der Waals surface area contributed by atoms with Crippen molar-refractivity contribution in [3.63, 3.8) is 0 Å². The predicted octanol–water partition coefficient (Wildman–Crippen LogP) is 5.24. The van der Waals surface area contributed by atoms with Crippen LogP contribution in [0.2, 0.25) is 10.0 Å². The number of benzene rings is 1. The summed E-state index contributed by atoms with van der Waals surface area (Å²) in [5.41, 5.74) is 0.793. The van der Waals surface area contributed by atoms with Gasteiger partial charge in [-0.1, -0.05) is 23.2 Å². The molecule has 2 nitrogen and oxygen atoms in total. The second-order valence-corrected chi connectivity index (χ2v) is 6.24. The summed E-state index contributed by atoms with van der Waals surface area (Å²) in [6.07, 6.45) is 0. The van der Waals surface area contributed by atoms with Crippen molar-refractivity contribution >= 4 is 40.2 Å². The molecule has 2 rings (SSSR count). The highest BCUT2D eigenvalue weighted by atomic mass is 35.5. The lowest BCUT2D eigenvalue weighted by atomic mass is 10.2. The Hall–Kier alpha value is -0.900. The molecule has 2 N–H and O–H groups in total. The molecule has 2 aromatic rings. The van der Waals surface area contributed by atoms with Gasteiger partial charge in [0.2, 0.25) is 0 Å². The van der Waals surface area contributed by atoms with Crippen LogP contribution in [-0.2, 0) is 0 Å². The molecule has 0 radical (unpaired) electrons. The molecule has 5 heteroatoms. The van der Waals surface area contributed by atoms with Crippen LogP contribution in [0.5, 0.6) is 5.75 Å². The van der Waals surface area contributed by atoms with Gasteiger partial charge in [0.05, 0.1) is 16.1 Å². The summed E-state index contributed by atoms with van der Waals surface area (Å²) in [5.74, 6) is -0.0801. The predicted molar refractivity (Wildman–Crippen MR) is 79.2 cm³/mol. The Labute approximate surface area is 120 Å². The molecule has 0 saturated heterocycles. The van der Waals surface area contributed by atoms with Gasteiger partial charge in [-0.3, -0.25) is 0 Å². The molecule has 0 saturated carbocycles. The van der Waals surface area contributed by atoms with E-state index >= 15 is 0 Å². The molecule has 0 spiro atoms. The second kappa shape index (κ2) is 5.39.